The summed E-state index contributed by atoms with van der Waals surface area (Å²) >= 11 is 1.54. The Kier molecular flexibility index (Phi) is 4.04. The molecule has 110 valence electrons. The predicted octanol–water partition coefficient (Wildman–Crippen LogP) is 4.55. The van der Waals surface area contributed by atoms with Crippen molar-refractivity contribution in [3.8, 4) is 0 Å². The highest BCUT2D eigenvalue weighted by molar-refractivity contribution is 8.14. The van der Waals surface area contributed by atoms with Crippen LogP contribution in [-0.2, 0) is 6.18 Å². The Bertz CT molecular complexity index is 536. The first-order valence-electron chi connectivity index (χ1n) is 6.29. The molecule has 1 aliphatic heterocycles. The SMILES string of the molecule is Cc1ccc(NC2=NCC(C)(C)CS2)cc1C(F)(F)F. The van der Waals surface area contributed by atoms with E-state index in [0.717, 1.165) is 11.8 Å². The van der Waals surface area contributed by atoms with Crippen LogP contribution in [0, 0.1) is 12.3 Å². The number of nitrogens with one attached hydrogen (secondary N) is 1. The van der Waals surface area contributed by atoms with E-state index in [-0.39, 0.29) is 11.0 Å². The number of hydrogen-bond acceptors (Lipinski definition) is 3. The number of rotatable bonds is 1. The van der Waals surface area contributed by atoms with E-state index in [1.165, 1.54) is 13.0 Å². The van der Waals surface area contributed by atoms with Gasteiger partial charge in [0.1, 0.15) is 0 Å². The second-order valence-corrected chi connectivity index (χ2v) is 6.69. The van der Waals surface area contributed by atoms with Crippen molar-refractivity contribution in [3.63, 3.8) is 0 Å². The number of aryl methyl sites for hydroxylation is 1. The molecule has 1 aromatic rings. The van der Waals surface area contributed by atoms with E-state index in [1.807, 2.05) is 0 Å². The monoisotopic (exact) mass is 302 g/mol. The highest BCUT2D eigenvalue weighted by Gasteiger charge is 2.32. The fraction of sp³-hybridized carbons (Fsp3) is 0.500. The maximum Gasteiger partial charge on any atom is 0.416 e. The molecule has 1 heterocycles. The molecule has 0 fully saturated rings. The standard InChI is InChI=1S/C14H17F3N2S/c1-9-4-5-10(6-11(9)14(15,16)17)19-12-18-7-13(2,3)8-20-12/h4-6H,7-8H2,1-3H3,(H,18,19). The Balaban J connectivity index is 2.17. The van der Waals surface area contributed by atoms with Gasteiger partial charge in [0.25, 0.3) is 0 Å². The van der Waals surface area contributed by atoms with Gasteiger partial charge in [-0.3, -0.25) is 4.99 Å². The number of thioether (sulfide) groups is 1. The second kappa shape index (κ2) is 5.31. The first-order chi connectivity index (χ1) is 9.17. The number of hydrogen-bond donors (Lipinski definition) is 1. The molecule has 1 N–H and O–H groups in total. The van der Waals surface area contributed by atoms with Crippen LogP contribution in [-0.4, -0.2) is 17.5 Å². The van der Waals surface area contributed by atoms with Crippen molar-refractivity contribution < 1.29 is 13.2 Å². The van der Waals surface area contributed by atoms with Crippen molar-refractivity contribution in [1.29, 1.82) is 0 Å². The molecule has 0 aliphatic carbocycles. The molecule has 2 rings (SSSR count). The Labute approximate surface area is 120 Å². The van der Waals surface area contributed by atoms with E-state index in [1.54, 1.807) is 17.8 Å². The molecule has 0 aromatic heterocycles. The Hall–Kier alpha value is -1.17. The number of halogens is 3. The quantitative estimate of drug-likeness (QED) is 0.822. The zero-order chi connectivity index (χ0) is 15.0. The predicted molar refractivity (Wildman–Crippen MR) is 78.3 cm³/mol. The zero-order valence-corrected chi connectivity index (χ0v) is 12.5. The molecule has 2 nitrogen and oxygen atoms in total. The van der Waals surface area contributed by atoms with Crippen LogP contribution in [0.1, 0.15) is 25.0 Å². The summed E-state index contributed by atoms with van der Waals surface area (Å²) in [6.45, 7) is 6.38. The van der Waals surface area contributed by atoms with Gasteiger partial charge in [0.2, 0.25) is 0 Å². The zero-order valence-electron chi connectivity index (χ0n) is 11.6. The van der Waals surface area contributed by atoms with Crippen molar-refractivity contribution in [2.45, 2.75) is 26.9 Å². The maximum atomic E-state index is 12.8. The van der Waals surface area contributed by atoms with Crippen LogP contribution in [0.4, 0.5) is 18.9 Å². The maximum absolute atomic E-state index is 12.8. The first kappa shape index (κ1) is 15.2. The van der Waals surface area contributed by atoms with E-state index in [0.29, 0.717) is 17.4 Å². The smallest absolute Gasteiger partial charge is 0.335 e. The van der Waals surface area contributed by atoms with Crippen LogP contribution in [0.25, 0.3) is 0 Å². The number of aliphatic imine (C=N–C) groups is 1. The van der Waals surface area contributed by atoms with E-state index in [4.69, 9.17) is 0 Å². The fourth-order valence-electron chi connectivity index (χ4n) is 1.85. The normalized spacial score (nSPS) is 18.6. The van der Waals surface area contributed by atoms with Gasteiger partial charge < -0.3 is 5.32 Å². The molecule has 0 atom stereocenters. The third kappa shape index (κ3) is 3.69. The molecule has 0 saturated carbocycles. The van der Waals surface area contributed by atoms with Crippen LogP contribution >= 0.6 is 11.8 Å². The summed E-state index contributed by atoms with van der Waals surface area (Å²) in [5.41, 5.74) is 0.181. The van der Waals surface area contributed by atoms with Crippen molar-refractivity contribution in [3.05, 3.63) is 29.3 Å². The van der Waals surface area contributed by atoms with Gasteiger partial charge in [0, 0.05) is 18.0 Å². The summed E-state index contributed by atoms with van der Waals surface area (Å²) in [6.07, 6.45) is -4.33. The van der Waals surface area contributed by atoms with Gasteiger partial charge in [-0.05, 0) is 30.0 Å². The Morgan fingerprint density at radius 3 is 2.55 bits per heavy atom. The lowest BCUT2D eigenvalue weighted by molar-refractivity contribution is -0.138. The molecule has 0 saturated heterocycles. The molecule has 0 spiro atoms. The van der Waals surface area contributed by atoms with Gasteiger partial charge in [0.15, 0.2) is 5.17 Å². The highest BCUT2D eigenvalue weighted by Crippen LogP contribution is 2.34. The molecular formula is C14H17F3N2S. The van der Waals surface area contributed by atoms with Crippen molar-refractivity contribution in [2.75, 3.05) is 17.6 Å². The van der Waals surface area contributed by atoms with Crippen LogP contribution in [0.2, 0.25) is 0 Å². The largest absolute Gasteiger partial charge is 0.416 e. The number of nitrogens with zero attached hydrogens (tertiary/aromatic N) is 1. The minimum Gasteiger partial charge on any atom is -0.335 e. The summed E-state index contributed by atoms with van der Waals surface area (Å²) in [5, 5.41) is 3.65. The lowest BCUT2D eigenvalue weighted by Crippen LogP contribution is -2.27. The molecule has 1 aliphatic rings. The highest BCUT2D eigenvalue weighted by atomic mass is 32.2. The van der Waals surface area contributed by atoms with Crippen LogP contribution in [0.5, 0.6) is 0 Å². The lowest BCUT2D eigenvalue weighted by atomic mass is 9.97. The molecule has 20 heavy (non-hydrogen) atoms. The van der Waals surface area contributed by atoms with Crippen molar-refractivity contribution >= 4 is 22.6 Å². The van der Waals surface area contributed by atoms with Gasteiger partial charge in [-0.15, -0.1) is 0 Å². The number of benzene rings is 1. The van der Waals surface area contributed by atoms with Crippen molar-refractivity contribution in [2.24, 2.45) is 10.4 Å². The average molecular weight is 302 g/mol. The molecule has 1 aromatic carbocycles. The third-order valence-corrected chi connectivity index (χ3v) is 4.47. The number of amidine groups is 1. The minimum absolute atomic E-state index is 0.139. The molecular weight excluding hydrogens is 285 g/mol. The van der Waals surface area contributed by atoms with Gasteiger partial charge in [-0.2, -0.15) is 13.2 Å². The summed E-state index contributed by atoms with van der Waals surface area (Å²) in [7, 11) is 0. The molecule has 0 amide bonds. The van der Waals surface area contributed by atoms with E-state index >= 15 is 0 Å². The summed E-state index contributed by atoms with van der Waals surface area (Å²) < 4.78 is 38.5. The molecule has 0 bridgehead atoms. The summed E-state index contributed by atoms with van der Waals surface area (Å²) in [4.78, 5) is 4.38. The average Bonchev–Trinajstić information content (AvgIpc) is 2.33. The Morgan fingerprint density at radius 2 is 2.00 bits per heavy atom. The first-order valence-corrected chi connectivity index (χ1v) is 7.28. The van der Waals surface area contributed by atoms with Crippen LogP contribution < -0.4 is 5.32 Å². The van der Waals surface area contributed by atoms with Crippen LogP contribution in [0.15, 0.2) is 23.2 Å². The molecule has 0 radical (unpaired) electrons. The third-order valence-electron chi connectivity index (χ3n) is 3.04. The Morgan fingerprint density at radius 1 is 1.30 bits per heavy atom. The number of alkyl halides is 3. The topological polar surface area (TPSA) is 24.4 Å². The van der Waals surface area contributed by atoms with Gasteiger partial charge >= 0.3 is 6.18 Å². The van der Waals surface area contributed by atoms with Crippen molar-refractivity contribution in [1.82, 2.24) is 0 Å². The summed E-state index contributed by atoms with van der Waals surface area (Å²) in [6, 6.07) is 4.26. The second-order valence-electron chi connectivity index (χ2n) is 5.73. The molecule has 6 heteroatoms. The van der Waals surface area contributed by atoms with Gasteiger partial charge in [-0.1, -0.05) is 31.7 Å². The van der Waals surface area contributed by atoms with E-state index in [2.05, 4.69) is 24.2 Å². The minimum atomic E-state index is -4.33. The van der Waals surface area contributed by atoms with E-state index < -0.39 is 11.7 Å². The van der Waals surface area contributed by atoms with E-state index in [9.17, 15) is 13.2 Å². The molecule has 0 unspecified atom stereocenters. The summed E-state index contributed by atoms with van der Waals surface area (Å²) in [5.74, 6) is 0.900. The fourth-order valence-corrected chi connectivity index (χ4v) is 2.81. The van der Waals surface area contributed by atoms with Crippen LogP contribution in [0.3, 0.4) is 0 Å². The van der Waals surface area contributed by atoms with Gasteiger partial charge in [0.05, 0.1) is 5.56 Å². The number of anilines is 1. The van der Waals surface area contributed by atoms with Gasteiger partial charge in [-0.25, -0.2) is 0 Å². The lowest BCUT2D eigenvalue weighted by Gasteiger charge is -2.27.